The number of morpholine rings is 1. The Hall–Kier alpha value is -2.12. The molecule has 1 aromatic rings. The van der Waals surface area contributed by atoms with Crippen LogP contribution in [0.1, 0.15) is 26.3 Å². The molecule has 1 aromatic carbocycles. The van der Waals surface area contributed by atoms with E-state index in [0.717, 1.165) is 5.56 Å². The molecule has 1 heterocycles. The fourth-order valence-electron chi connectivity index (χ4n) is 3.00. The van der Waals surface area contributed by atoms with Crippen molar-refractivity contribution in [3.05, 3.63) is 35.9 Å². The number of carbonyl (C=O) groups excluding carboxylic acids is 1. The largest absolute Gasteiger partial charge is 0.465 e. The molecule has 7 heteroatoms. The quantitative estimate of drug-likeness (QED) is 0.837. The lowest BCUT2D eigenvalue weighted by Crippen LogP contribution is -2.60. The molecule has 0 saturated carbocycles. The Balaban J connectivity index is 2.13. The van der Waals surface area contributed by atoms with Crippen LogP contribution in [-0.2, 0) is 20.9 Å². The predicted octanol–water partition coefficient (Wildman–Crippen LogP) is 2.21. The number of rotatable bonds is 6. The highest BCUT2D eigenvalue weighted by molar-refractivity contribution is 5.86. The van der Waals surface area contributed by atoms with Gasteiger partial charge in [0.05, 0.1) is 26.4 Å². The summed E-state index contributed by atoms with van der Waals surface area (Å²) in [7, 11) is 0. The molecule has 1 aliphatic rings. The molecule has 2 rings (SSSR count). The van der Waals surface area contributed by atoms with E-state index < -0.39 is 17.7 Å². The Morgan fingerprint density at radius 1 is 1.23 bits per heavy atom. The Morgan fingerprint density at radius 3 is 2.38 bits per heavy atom. The zero-order valence-corrected chi connectivity index (χ0v) is 15.7. The highest BCUT2D eigenvalue weighted by Crippen LogP contribution is 2.20. The first-order valence-electron chi connectivity index (χ1n) is 8.81. The van der Waals surface area contributed by atoms with Gasteiger partial charge in [0.2, 0.25) is 5.91 Å². The van der Waals surface area contributed by atoms with Crippen LogP contribution in [0.4, 0.5) is 4.79 Å². The topological polar surface area (TPSA) is 79.3 Å². The maximum Gasteiger partial charge on any atom is 0.408 e. The summed E-state index contributed by atoms with van der Waals surface area (Å²) in [6.07, 6.45) is -1.13. The fourth-order valence-corrected chi connectivity index (χ4v) is 3.00. The average Bonchev–Trinajstić information content (AvgIpc) is 2.60. The van der Waals surface area contributed by atoms with Crippen molar-refractivity contribution in [2.45, 2.75) is 39.0 Å². The van der Waals surface area contributed by atoms with Crippen molar-refractivity contribution in [3.63, 3.8) is 0 Å². The van der Waals surface area contributed by atoms with E-state index in [1.165, 1.54) is 4.90 Å². The molecule has 0 radical (unpaired) electrons. The summed E-state index contributed by atoms with van der Waals surface area (Å²) in [5.41, 5.74) is 0.247. The minimum Gasteiger partial charge on any atom is -0.465 e. The third-order valence-corrected chi connectivity index (χ3v) is 4.24. The van der Waals surface area contributed by atoms with Gasteiger partial charge in [-0.2, -0.15) is 0 Å². The second-order valence-electron chi connectivity index (χ2n) is 7.28. The van der Waals surface area contributed by atoms with Gasteiger partial charge in [-0.25, -0.2) is 4.79 Å². The van der Waals surface area contributed by atoms with Gasteiger partial charge in [-0.05, 0) is 26.3 Å². The van der Waals surface area contributed by atoms with Crippen LogP contribution in [0.5, 0.6) is 0 Å². The number of benzene rings is 1. The van der Waals surface area contributed by atoms with Crippen LogP contribution in [0.15, 0.2) is 30.3 Å². The third kappa shape index (κ3) is 5.44. The number of nitrogens with zero attached hydrogens (tertiary/aromatic N) is 2. The molecule has 0 aromatic heterocycles. The average molecular weight is 364 g/mol. The highest BCUT2D eigenvalue weighted by atomic mass is 16.5. The van der Waals surface area contributed by atoms with Crippen molar-refractivity contribution in [3.8, 4) is 0 Å². The van der Waals surface area contributed by atoms with Gasteiger partial charge >= 0.3 is 6.09 Å². The predicted molar refractivity (Wildman–Crippen MR) is 96.9 cm³/mol. The van der Waals surface area contributed by atoms with Crippen LogP contribution in [0.25, 0.3) is 0 Å². The Morgan fingerprint density at radius 2 is 1.85 bits per heavy atom. The minimum absolute atomic E-state index is 0.00859. The Kier molecular flexibility index (Phi) is 6.99. The number of ether oxygens (including phenoxy) is 2. The van der Waals surface area contributed by atoms with Crippen molar-refractivity contribution >= 4 is 12.0 Å². The lowest BCUT2D eigenvalue weighted by Gasteiger charge is -2.41. The molecule has 0 aliphatic carbocycles. The normalized spacial score (nSPS) is 16.2. The summed E-state index contributed by atoms with van der Waals surface area (Å²) in [5.74, 6) is -0.237. The number of amides is 2. The van der Waals surface area contributed by atoms with Crippen molar-refractivity contribution in [1.29, 1.82) is 0 Å². The molecule has 1 fully saturated rings. The summed E-state index contributed by atoms with van der Waals surface area (Å²) < 4.78 is 11.0. The summed E-state index contributed by atoms with van der Waals surface area (Å²) in [4.78, 5) is 27.7. The SMILES string of the molecule is CC(C)(C)N(C(=O)O)C(COCc1ccccc1)C(=O)N1CCOCC1. The van der Waals surface area contributed by atoms with Crippen LogP contribution >= 0.6 is 0 Å². The maximum atomic E-state index is 13.0. The molecule has 1 saturated heterocycles. The molecule has 1 unspecified atom stereocenters. The number of carboxylic acid groups (broad SMARTS) is 1. The Bertz CT molecular complexity index is 594. The van der Waals surface area contributed by atoms with Crippen molar-refractivity contribution < 1.29 is 24.2 Å². The van der Waals surface area contributed by atoms with E-state index in [4.69, 9.17) is 9.47 Å². The van der Waals surface area contributed by atoms with Crippen LogP contribution in [-0.4, -0.2) is 71.4 Å². The van der Waals surface area contributed by atoms with E-state index in [0.29, 0.717) is 32.9 Å². The number of hydrogen-bond acceptors (Lipinski definition) is 4. The lowest BCUT2D eigenvalue weighted by molar-refractivity contribution is -0.145. The van der Waals surface area contributed by atoms with Crippen molar-refractivity contribution in [2.75, 3.05) is 32.9 Å². The summed E-state index contributed by atoms with van der Waals surface area (Å²) >= 11 is 0. The van der Waals surface area contributed by atoms with Crippen molar-refractivity contribution in [1.82, 2.24) is 9.80 Å². The van der Waals surface area contributed by atoms with Gasteiger partial charge in [0.25, 0.3) is 0 Å². The van der Waals surface area contributed by atoms with Crippen LogP contribution in [0, 0.1) is 0 Å². The maximum absolute atomic E-state index is 13.0. The van der Waals surface area contributed by atoms with E-state index in [-0.39, 0.29) is 12.5 Å². The van der Waals surface area contributed by atoms with Crippen molar-refractivity contribution in [2.24, 2.45) is 0 Å². The Labute approximate surface area is 154 Å². The summed E-state index contributed by atoms with van der Waals surface area (Å²) in [5, 5.41) is 9.72. The first kappa shape index (κ1) is 20.2. The monoisotopic (exact) mass is 364 g/mol. The molecular formula is C19H28N2O5. The van der Waals surface area contributed by atoms with Gasteiger partial charge in [-0.3, -0.25) is 9.69 Å². The second-order valence-corrected chi connectivity index (χ2v) is 7.28. The molecule has 7 nitrogen and oxygen atoms in total. The molecule has 1 aliphatic heterocycles. The van der Waals surface area contributed by atoms with Crippen LogP contribution in [0.3, 0.4) is 0 Å². The first-order chi connectivity index (χ1) is 12.3. The molecule has 0 spiro atoms. The van der Waals surface area contributed by atoms with E-state index in [1.807, 2.05) is 30.3 Å². The van der Waals surface area contributed by atoms with E-state index in [2.05, 4.69) is 0 Å². The summed E-state index contributed by atoms with van der Waals surface area (Å²) in [6.45, 7) is 7.52. The van der Waals surface area contributed by atoms with Crippen LogP contribution in [0.2, 0.25) is 0 Å². The van der Waals surface area contributed by atoms with Gasteiger partial charge in [0.1, 0.15) is 6.04 Å². The second kappa shape index (κ2) is 9.00. The molecule has 26 heavy (non-hydrogen) atoms. The fraction of sp³-hybridized carbons (Fsp3) is 0.579. The standard InChI is InChI=1S/C19H28N2O5/c1-19(2,3)21(18(23)24)16(17(22)20-9-11-25-12-10-20)14-26-13-15-7-5-4-6-8-15/h4-8,16H,9-14H2,1-3H3,(H,23,24). The minimum atomic E-state index is -1.13. The third-order valence-electron chi connectivity index (χ3n) is 4.24. The molecule has 2 amide bonds. The molecular weight excluding hydrogens is 336 g/mol. The summed E-state index contributed by atoms with van der Waals surface area (Å²) in [6, 6.07) is 8.70. The molecule has 144 valence electrons. The van der Waals surface area contributed by atoms with Gasteiger partial charge in [-0.15, -0.1) is 0 Å². The molecule has 1 N–H and O–H groups in total. The number of hydrogen-bond donors (Lipinski definition) is 1. The molecule has 1 atom stereocenters. The van der Waals surface area contributed by atoms with Gasteiger partial charge in [0.15, 0.2) is 0 Å². The van der Waals surface area contributed by atoms with Crippen LogP contribution < -0.4 is 0 Å². The number of carbonyl (C=O) groups is 2. The van der Waals surface area contributed by atoms with Gasteiger partial charge in [0, 0.05) is 18.6 Å². The first-order valence-corrected chi connectivity index (χ1v) is 8.81. The highest BCUT2D eigenvalue weighted by Gasteiger charge is 2.39. The zero-order chi connectivity index (χ0) is 19.2. The zero-order valence-electron chi connectivity index (χ0n) is 15.7. The van der Waals surface area contributed by atoms with E-state index in [9.17, 15) is 14.7 Å². The van der Waals surface area contributed by atoms with Gasteiger partial charge in [-0.1, -0.05) is 30.3 Å². The van der Waals surface area contributed by atoms with E-state index in [1.54, 1.807) is 25.7 Å². The van der Waals surface area contributed by atoms with E-state index >= 15 is 0 Å². The van der Waals surface area contributed by atoms with Gasteiger partial charge < -0.3 is 19.5 Å². The molecule has 0 bridgehead atoms. The lowest BCUT2D eigenvalue weighted by atomic mass is 10.0. The smallest absolute Gasteiger partial charge is 0.408 e.